The van der Waals surface area contributed by atoms with Crippen LogP contribution in [0.3, 0.4) is 0 Å². The lowest BCUT2D eigenvalue weighted by molar-refractivity contribution is 0.668. The molecule has 0 saturated heterocycles. The topological polar surface area (TPSA) is 26.3 Å². The summed E-state index contributed by atoms with van der Waals surface area (Å²) in [6.45, 7) is 0. The normalized spacial score (nSPS) is 13.5. The third kappa shape index (κ3) is 0.817. The number of rotatable bonds is 0. The molecule has 2 heteroatoms. The molecule has 0 fully saturated rings. The predicted molar refractivity (Wildman–Crippen MR) is 89.6 cm³/mol. The number of benzene rings is 5. The number of hydrogen-bond donors (Lipinski definition) is 0. The summed E-state index contributed by atoms with van der Waals surface area (Å²) in [7, 11) is 0. The van der Waals surface area contributed by atoms with Crippen LogP contribution in [0.1, 0.15) is 0 Å². The average molecular weight is 280 g/mol. The molecule has 22 heavy (non-hydrogen) atoms. The van der Waals surface area contributed by atoms with Crippen molar-refractivity contribution in [2.24, 2.45) is 0 Å². The first kappa shape index (κ1) is 9.85. The first-order chi connectivity index (χ1) is 10.9. The van der Waals surface area contributed by atoms with Gasteiger partial charge < -0.3 is 8.83 Å². The van der Waals surface area contributed by atoms with Gasteiger partial charge in [-0.3, -0.25) is 0 Å². The minimum Gasteiger partial charge on any atom is -0.456 e. The SMILES string of the molecule is c1cc2oc3ccc4ccc5oc6ccc1c1c2c3c4c5c61. The molecule has 0 bridgehead atoms. The molecule has 7 rings (SSSR count). The van der Waals surface area contributed by atoms with Gasteiger partial charge in [-0.25, -0.2) is 0 Å². The van der Waals surface area contributed by atoms with Crippen LogP contribution in [0.5, 0.6) is 0 Å². The molecule has 0 atom stereocenters. The molecule has 0 saturated carbocycles. The maximum Gasteiger partial charge on any atom is 0.136 e. The van der Waals surface area contributed by atoms with E-state index in [1.807, 2.05) is 0 Å². The van der Waals surface area contributed by atoms with Gasteiger partial charge in [0.05, 0.1) is 0 Å². The molecular weight excluding hydrogens is 272 g/mol. The Balaban J connectivity index is 2.15. The third-order valence-electron chi connectivity index (χ3n) is 5.16. The van der Waals surface area contributed by atoms with E-state index in [-0.39, 0.29) is 0 Å². The lowest BCUT2D eigenvalue weighted by Gasteiger charge is -2.09. The lowest BCUT2D eigenvalue weighted by atomic mass is 9.90. The van der Waals surface area contributed by atoms with Crippen LogP contribution < -0.4 is 0 Å². The van der Waals surface area contributed by atoms with E-state index in [1.54, 1.807) is 0 Å². The van der Waals surface area contributed by atoms with E-state index in [1.165, 1.54) is 43.1 Å². The van der Waals surface area contributed by atoms with Gasteiger partial charge in [-0.2, -0.15) is 0 Å². The van der Waals surface area contributed by atoms with E-state index < -0.39 is 0 Å². The molecule has 0 aliphatic heterocycles. The fourth-order valence-corrected chi connectivity index (χ4v) is 4.33. The predicted octanol–water partition coefficient (Wildman–Crippen LogP) is 6.11. The van der Waals surface area contributed by atoms with Gasteiger partial charge in [-0.15, -0.1) is 0 Å². The van der Waals surface area contributed by atoms with E-state index in [4.69, 9.17) is 8.83 Å². The van der Waals surface area contributed by atoms with Crippen molar-refractivity contribution in [3.05, 3.63) is 48.5 Å². The largest absolute Gasteiger partial charge is 0.456 e. The van der Waals surface area contributed by atoms with Crippen molar-refractivity contribution in [1.82, 2.24) is 0 Å². The molecule has 7 aromatic rings. The van der Waals surface area contributed by atoms with E-state index in [0.717, 1.165) is 22.3 Å². The summed E-state index contributed by atoms with van der Waals surface area (Å²) in [6.07, 6.45) is 0. The van der Waals surface area contributed by atoms with Crippen LogP contribution in [0.15, 0.2) is 57.4 Å². The summed E-state index contributed by atoms with van der Waals surface area (Å²) in [6, 6.07) is 16.9. The van der Waals surface area contributed by atoms with Gasteiger partial charge in [-0.1, -0.05) is 24.3 Å². The van der Waals surface area contributed by atoms with Crippen molar-refractivity contribution in [1.29, 1.82) is 0 Å². The highest BCUT2D eigenvalue weighted by Crippen LogP contribution is 2.50. The van der Waals surface area contributed by atoms with Gasteiger partial charge in [0, 0.05) is 32.3 Å². The molecule has 0 spiro atoms. The number of furan rings is 2. The summed E-state index contributed by atoms with van der Waals surface area (Å²) in [5, 5.41) is 10.0. The van der Waals surface area contributed by atoms with Gasteiger partial charge >= 0.3 is 0 Å². The Labute approximate surface area is 123 Å². The molecule has 0 radical (unpaired) electrons. The quantitative estimate of drug-likeness (QED) is 0.247. The standard InChI is InChI=1S/C20H8O2/c1-5-11-17-15-9(1)2-6-12-18(15)20-14(22-12)8-4-10-3-7-13(21-11)19(17)16(10)20/h1-8H. The first-order valence-corrected chi connectivity index (χ1v) is 7.46. The summed E-state index contributed by atoms with van der Waals surface area (Å²) in [4.78, 5) is 0. The summed E-state index contributed by atoms with van der Waals surface area (Å²) in [5.74, 6) is 0. The molecule has 0 aliphatic rings. The van der Waals surface area contributed by atoms with Gasteiger partial charge in [0.1, 0.15) is 22.3 Å². The maximum atomic E-state index is 6.11. The second kappa shape index (κ2) is 2.81. The molecular formula is C20H8O2. The fraction of sp³-hybridized carbons (Fsp3) is 0. The second-order valence-electron chi connectivity index (χ2n) is 6.16. The zero-order chi connectivity index (χ0) is 14.0. The Bertz CT molecular complexity index is 1250. The average Bonchev–Trinajstić information content (AvgIpc) is 3.12. The Morgan fingerprint density at radius 3 is 1.00 bits per heavy atom. The zero-order valence-electron chi connectivity index (χ0n) is 11.4. The fourth-order valence-electron chi connectivity index (χ4n) is 4.33. The van der Waals surface area contributed by atoms with Crippen molar-refractivity contribution in [2.45, 2.75) is 0 Å². The summed E-state index contributed by atoms with van der Waals surface area (Å²) >= 11 is 0. The van der Waals surface area contributed by atoms with Gasteiger partial charge in [-0.05, 0) is 35.0 Å². The third-order valence-corrected chi connectivity index (χ3v) is 5.16. The Morgan fingerprint density at radius 2 is 0.682 bits per heavy atom. The highest BCUT2D eigenvalue weighted by Gasteiger charge is 2.24. The van der Waals surface area contributed by atoms with Crippen LogP contribution in [0.2, 0.25) is 0 Å². The van der Waals surface area contributed by atoms with Crippen molar-refractivity contribution >= 4 is 65.4 Å². The molecule has 100 valence electrons. The first-order valence-electron chi connectivity index (χ1n) is 7.46. The van der Waals surface area contributed by atoms with Gasteiger partial charge in [0.25, 0.3) is 0 Å². The van der Waals surface area contributed by atoms with Crippen molar-refractivity contribution in [2.75, 3.05) is 0 Å². The molecule has 0 unspecified atom stereocenters. The molecule has 0 amide bonds. The Hall–Kier alpha value is -3.00. The van der Waals surface area contributed by atoms with Crippen LogP contribution in [-0.2, 0) is 0 Å². The summed E-state index contributed by atoms with van der Waals surface area (Å²) < 4.78 is 12.2. The molecule has 2 aromatic heterocycles. The highest BCUT2D eigenvalue weighted by molar-refractivity contribution is 6.43. The van der Waals surface area contributed by atoms with Crippen molar-refractivity contribution in [3.63, 3.8) is 0 Å². The minimum absolute atomic E-state index is 0.964. The number of hydrogen-bond acceptors (Lipinski definition) is 2. The van der Waals surface area contributed by atoms with Crippen LogP contribution in [0.25, 0.3) is 65.4 Å². The molecule has 0 N–H and O–H groups in total. The van der Waals surface area contributed by atoms with Crippen LogP contribution in [-0.4, -0.2) is 0 Å². The van der Waals surface area contributed by atoms with Crippen LogP contribution in [0, 0.1) is 0 Å². The highest BCUT2D eigenvalue weighted by atomic mass is 16.3. The van der Waals surface area contributed by atoms with E-state index in [9.17, 15) is 0 Å². The second-order valence-corrected chi connectivity index (χ2v) is 6.16. The van der Waals surface area contributed by atoms with Crippen molar-refractivity contribution in [3.8, 4) is 0 Å². The molecule has 5 aromatic carbocycles. The molecule has 0 aliphatic carbocycles. The van der Waals surface area contributed by atoms with Crippen LogP contribution in [0.4, 0.5) is 0 Å². The van der Waals surface area contributed by atoms with Gasteiger partial charge in [0.2, 0.25) is 0 Å². The Morgan fingerprint density at radius 1 is 0.364 bits per heavy atom. The Kier molecular flexibility index (Phi) is 1.26. The van der Waals surface area contributed by atoms with Crippen molar-refractivity contribution < 1.29 is 8.83 Å². The minimum atomic E-state index is 0.964. The van der Waals surface area contributed by atoms with Crippen LogP contribution >= 0.6 is 0 Å². The smallest absolute Gasteiger partial charge is 0.136 e. The molecule has 2 nitrogen and oxygen atoms in total. The van der Waals surface area contributed by atoms with E-state index in [2.05, 4.69) is 48.5 Å². The van der Waals surface area contributed by atoms with Gasteiger partial charge in [0.15, 0.2) is 0 Å². The summed E-state index contributed by atoms with van der Waals surface area (Å²) in [5.41, 5.74) is 3.86. The van der Waals surface area contributed by atoms with E-state index in [0.29, 0.717) is 0 Å². The molecule has 2 heterocycles. The lowest BCUT2D eigenvalue weighted by Crippen LogP contribution is -1.84. The zero-order valence-corrected chi connectivity index (χ0v) is 11.4. The monoisotopic (exact) mass is 280 g/mol. The van der Waals surface area contributed by atoms with E-state index >= 15 is 0 Å². The maximum absolute atomic E-state index is 6.11.